The number of benzene rings is 4. The summed E-state index contributed by atoms with van der Waals surface area (Å²) in [5.41, 5.74) is 0. The van der Waals surface area contributed by atoms with Crippen LogP contribution in [-0.2, 0) is 0 Å². The van der Waals surface area contributed by atoms with Gasteiger partial charge in [0, 0.05) is 0 Å². The van der Waals surface area contributed by atoms with Gasteiger partial charge in [-0.15, -0.1) is 0 Å². The molecule has 4 aromatic rings. The Balaban J connectivity index is 1.98. The third kappa shape index (κ3) is 3.90. The molecule has 1 N–H and O–H groups in total. The van der Waals surface area contributed by atoms with Crippen molar-refractivity contribution in [1.29, 1.82) is 0 Å². The summed E-state index contributed by atoms with van der Waals surface area (Å²) in [5.74, 6) is 0. The molecule has 144 valence electrons. The zero-order valence-corrected chi connectivity index (χ0v) is 19.0. The number of hydrogen-bond acceptors (Lipinski definition) is 1. The second-order valence-corrected chi connectivity index (χ2v) is 16.0. The van der Waals surface area contributed by atoms with Crippen molar-refractivity contribution in [3.63, 3.8) is 0 Å². The quantitative estimate of drug-likeness (QED) is 0.380. The molecule has 0 aliphatic carbocycles. The lowest BCUT2D eigenvalue weighted by molar-refractivity contribution is 1.37. The monoisotopic (exact) mass is 409 g/mol. The standard InChI is InChI=1S/C26H27NSi2/c1-28(2,23-15-7-3-8-16-23)27-29(24-17-9-4-10-18-24,25-19-11-5-12-20-25)26-21-13-6-14-22-26/h3-22,27H,1-2H3. The van der Waals surface area contributed by atoms with Crippen molar-refractivity contribution >= 4 is 37.2 Å². The lowest BCUT2D eigenvalue weighted by atomic mass is 10.3. The van der Waals surface area contributed by atoms with E-state index >= 15 is 0 Å². The van der Waals surface area contributed by atoms with Crippen LogP contribution in [0.15, 0.2) is 121 Å². The molecule has 0 radical (unpaired) electrons. The fourth-order valence-electron chi connectivity index (χ4n) is 4.18. The first-order valence-corrected chi connectivity index (χ1v) is 15.1. The van der Waals surface area contributed by atoms with Gasteiger partial charge in [-0.2, -0.15) is 0 Å². The maximum atomic E-state index is 4.35. The zero-order valence-electron chi connectivity index (χ0n) is 17.0. The Morgan fingerprint density at radius 3 is 1.00 bits per heavy atom. The first-order chi connectivity index (χ1) is 14.1. The van der Waals surface area contributed by atoms with Crippen LogP contribution in [0.4, 0.5) is 0 Å². The van der Waals surface area contributed by atoms with Gasteiger partial charge in [0.15, 0.2) is 0 Å². The van der Waals surface area contributed by atoms with E-state index in [1.165, 1.54) is 20.7 Å². The molecule has 0 heterocycles. The van der Waals surface area contributed by atoms with Gasteiger partial charge in [0.1, 0.15) is 8.24 Å². The van der Waals surface area contributed by atoms with Crippen molar-refractivity contribution in [2.75, 3.05) is 0 Å². The van der Waals surface area contributed by atoms with E-state index in [2.05, 4.69) is 139 Å². The molecule has 0 fully saturated rings. The summed E-state index contributed by atoms with van der Waals surface area (Å²) in [6, 6.07) is 44.1. The maximum Gasteiger partial charge on any atom is 0.215 e. The average molecular weight is 410 g/mol. The molecule has 0 saturated carbocycles. The molecule has 4 rings (SSSR count). The van der Waals surface area contributed by atoms with Crippen LogP contribution in [0.3, 0.4) is 0 Å². The van der Waals surface area contributed by atoms with Gasteiger partial charge in [-0.05, 0) is 20.7 Å². The molecule has 0 spiro atoms. The van der Waals surface area contributed by atoms with Crippen LogP contribution in [0.2, 0.25) is 13.1 Å². The number of nitrogens with one attached hydrogen (secondary N) is 1. The molecule has 0 aromatic heterocycles. The summed E-state index contributed by atoms with van der Waals surface area (Å²) < 4.78 is 4.35. The van der Waals surface area contributed by atoms with Crippen LogP contribution in [0, 0.1) is 0 Å². The van der Waals surface area contributed by atoms with Crippen molar-refractivity contribution in [2.45, 2.75) is 13.1 Å². The Labute approximate surface area is 176 Å². The molecule has 0 atom stereocenters. The number of hydrogen-bond donors (Lipinski definition) is 1. The molecule has 0 amide bonds. The second-order valence-electron chi connectivity index (χ2n) is 7.96. The first-order valence-electron chi connectivity index (χ1n) is 10.1. The molecule has 0 bridgehead atoms. The van der Waals surface area contributed by atoms with E-state index in [9.17, 15) is 0 Å². The Hall–Kier alpha value is -2.73. The fraction of sp³-hybridized carbons (Fsp3) is 0.0769. The number of rotatable bonds is 6. The van der Waals surface area contributed by atoms with Gasteiger partial charge in [-0.25, -0.2) is 0 Å². The van der Waals surface area contributed by atoms with Gasteiger partial charge in [0.05, 0.1) is 0 Å². The minimum Gasteiger partial charge on any atom is -0.345 e. The predicted octanol–water partition coefficient (Wildman–Crippen LogP) is 3.36. The third-order valence-electron chi connectivity index (χ3n) is 5.62. The summed E-state index contributed by atoms with van der Waals surface area (Å²) in [5, 5.41) is 5.62. The van der Waals surface area contributed by atoms with Crippen LogP contribution in [0.5, 0.6) is 0 Å². The van der Waals surface area contributed by atoms with Gasteiger partial charge in [0.25, 0.3) is 0 Å². The normalized spacial score (nSPS) is 11.9. The van der Waals surface area contributed by atoms with Crippen LogP contribution in [-0.4, -0.2) is 16.5 Å². The smallest absolute Gasteiger partial charge is 0.215 e. The van der Waals surface area contributed by atoms with Crippen molar-refractivity contribution < 1.29 is 0 Å². The molecule has 4 aromatic carbocycles. The highest BCUT2D eigenvalue weighted by atomic mass is 28.4. The summed E-state index contributed by atoms with van der Waals surface area (Å²) in [6.07, 6.45) is 0. The maximum absolute atomic E-state index is 4.35. The average Bonchev–Trinajstić information content (AvgIpc) is 2.80. The molecule has 0 aliphatic heterocycles. The molecular formula is C26H27NSi2. The van der Waals surface area contributed by atoms with Crippen molar-refractivity contribution in [2.24, 2.45) is 0 Å². The molecular weight excluding hydrogens is 382 g/mol. The van der Waals surface area contributed by atoms with Gasteiger partial charge < -0.3 is 4.65 Å². The molecule has 0 saturated heterocycles. The predicted molar refractivity (Wildman–Crippen MR) is 131 cm³/mol. The zero-order chi connectivity index (χ0) is 20.2. The van der Waals surface area contributed by atoms with Crippen LogP contribution in [0.25, 0.3) is 0 Å². The van der Waals surface area contributed by atoms with E-state index in [4.69, 9.17) is 0 Å². The highest BCUT2D eigenvalue weighted by molar-refractivity contribution is 7.16. The lowest BCUT2D eigenvalue weighted by Crippen LogP contribution is -2.82. The van der Waals surface area contributed by atoms with Gasteiger partial charge in [-0.3, -0.25) is 0 Å². The Morgan fingerprint density at radius 2 is 0.690 bits per heavy atom. The third-order valence-corrected chi connectivity index (χ3v) is 15.0. The largest absolute Gasteiger partial charge is 0.345 e. The SMILES string of the molecule is C[Si](C)(N[Si](c1ccccc1)(c1ccccc1)c1ccccc1)c1ccccc1. The minimum atomic E-state index is -2.43. The lowest BCUT2D eigenvalue weighted by Gasteiger charge is -2.41. The summed E-state index contributed by atoms with van der Waals surface area (Å²) in [4.78, 5) is 0. The molecule has 29 heavy (non-hydrogen) atoms. The van der Waals surface area contributed by atoms with E-state index in [0.29, 0.717) is 0 Å². The van der Waals surface area contributed by atoms with Gasteiger partial charge in [0.2, 0.25) is 8.24 Å². The van der Waals surface area contributed by atoms with Crippen molar-refractivity contribution in [1.82, 2.24) is 4.65 Å². The van der Waals surface area contributed by atoms with Crippen LogP contribution < -0.4 is 25.4 Å². The molecule has 0 unspecified atom stereocenters. The van der Waals surface area contributed by atoms with E-state index < -0.39 is 16.5 Å². The van der Waals surface area contributed by atoms with Crippen LogP contribution in [0.1, 0.15) is 0 Å². The van der Waals surface area contributed by atoms with Crippen molar-refractivity contribution in [3.05, 3.63) is 121 Å². The van der Waals surface area contributed by atoms with E-state index in [-0.39, 0.29) is 0 Å². The Bertz CT molecular complexity index is 936. The second kappa shape index (κ2) is 8.33. The van der Waals surface area contributed by atoms with Crippen molar-refractivity contribution in [3.8, 4) is 0 Å². The molecule has 0 aliphatic rings. The van der Waals surface area contributed by atoms with E-state index in [1.807, 2.05) is 0 Å². The van der Waals surface area contributed by atoms with Crippen LogP contribution >= 0.6 is 0 Å². The molecule has 3 heteroatoms. The first kappa shape index (κ1) is 19.6. The van der Waals surface area contributed by atoms with E-state index in [0.717, 1.165) is 0 Å². The van der Waals surface area contributed by atoms with Gasteiger partial charge >= 0.3 is 0 Å². The minimum absolute atomic E-state index is 1.40. The fourth-order valence-corrected chi connectivity index (χ4v) is 14.3. The highest BCUT2D eigenvalue weighted by Gasteiger charge is 2.44. The van der Waals surface area contributed by atoms with E-state index in [1.54, 1.807) is 0 Å². The highest BCUT2D eigenvalue weighted by Crippen LogP contribution is 2.10. The summed E-state index contributed by atoms with van der Waals surface area (Å²) in [7, 11) is -4.38. The topological polar surface area (TPSA) is 12.0 Å². The molecule has 1 nitrogen and oxygen atoms in total. The summed E-state index contributed by atoms with van der Waals surface area (Å²) >= 11 is 0. The Morgan fingerprint density at radius 1 is 0.414 bits per heavy atom. The van der Waals surface area contributed by atoms with Gasteiger partial charge in [-0.1, -0.05) is 134 Å². The summed E-state index contributed by atoms with van der Waals surface area (Å²) in [6.45, 7) is 4.86. The Kier molecular flexibility index (Phi) is 5.63.